The molecule has 0 radical (unpaired) electrons. The number of likely N-dealkylation sites (tertiary alicyclic amines) is 1. The smallest absolute Gasteiger partial charge is 0.417 e. The summed E-state index contributed by atoms with van der Waals surface area (Å²) in [5, 5.41) is -0.367. The lowest BCUT2D eigenvalue weighted by atomic mass is 9.95. The van der Waals surface area contributed by atoms with Crippen LogP contribution in [-0.2, 0) is 11.0 Å². The van der Waals surface area contributed by atoms with E-state index in [0.29, 0.717) is 19.0 Å². The first-order valence-corrected chi connectivity index (χ1v) is 10.9. The summed E-state index contributed by atoms with van der Waals surface area (Å²) in [6.07, 6.45) is -5.27. The molecule has 9 nitrogen and oxygen atoms in total. The molecule has 0 spiro atoms. The number of nitrogen functional groups attached to an aromatic ring is 1. The predicted octanol–water partition coefficient (Wildman–Crippen LogP) is 4.33. The number of anilines is 1. The average Bonchev–Trinajstić information content (AvgIpc) is 3.46. The number of alkyl halides is 3. The first kappa shape index (κ1) is 24.5. The number of nitrogens with two attached hydrogens (primary N) is 1. The van der Waals surface area contributed by atoms with Gasteiger partial charge in [0.1, 0.15) is 17.1 Å². The van der Waals surface area contributed by atoms with Crippen LogP contribution in [0.3, 0.4) is 0 Å². The number of benzene rings is 2. The van der Waals surface area contributed by atoms with Crippen molar-refractivity contribution in [2.75, 3.05) is 25.9 Å². The molecule has 14 heteroatoms. The Morgan fingerprint density at radius 1 is 1.19 bits per heavy atom. The minimum atomic E-state index is -5.06. The van der Waals surface area contributed by atoms with Crippen molar-refractivity contribution in [3.8, 4) is 23.0 Å². The number of hydrogen-bond acceptors (Lipinski definition) is 8. The highest BCUT2D eigenvalue weighted by Crippen LogP contribution is 2.45. The van der Waals surface area contributed by atoms with Gasteiger partial charge in [-0.2, -0.15) is 28.1 Å². The summed E-state index contributed by atoms with van der Waals surface area (Å²) in [7, 11) is 1.20. The number of aromatic nitrogens is 3. The third-order valence-electron chi connectivity index (χ3n) is 6.01. The van der Waals surface area contributed by atoms with Crippen molar-refractivity contribution in [3.63, 3.8) is 0 Å². The number of carbonyl (C=O) groups excluding carboxylic acids is 1. The standard InChI is InChI=1S/C23H18F5N5O4/c1-9(34)33-6-5-10(8-33)36-20-12-7-13(23(26,27)28)15(16(25)17(12)31-22(32-20)35-2)11-3-4-14(24)19-18(11)30-21(29)37-19/h3-4,7,10H,5-6,8H2,1-2H3,(H2,29,30). The fourth-order valence-corrected chi connectivity index (χ4v) is 4.31. The quantitative estimate of drug-likeness (QED) is 0.393. The van der Waals surface area contributed by atoms with Gasteiger partial charge in [-0.15, -0.1) is 0 Å². The Morgan fingerprint density at radius 3 is 2.59 bits per heavy atom. The Morgan fingerprint density at radius 2 is 1.95 bits per heavy atom. The molecule has 1 unspecified atom stereocenters. The van der Waals surface area contributed by atoms with Crippen molar-refractivity contribution in [2.45, 2.75) is 25.6 Å². The number of rotatable bonds is 4. The third-order valence-corrected chi connectivity index (χ3v) is 6.01. The third kappa shape index (κ3) is 4.21. The van der Waals surface area contributed by atoms with Crippen LogP contribution in [0.5, 0.6) is 11.9 Å². The minimum absolute atomic E-state index is 0.178. The molecule has 194 valence electrons. The van der Waals surface area contributed by atoms with Crippen LogP contribution in [0.25, 0.3) is 33.1 Å². The lowest BCUT2D eigenvalue weighted by Gasteiger charge is -2.19. The molecule has 4 aromatic rings. The second-order valence-electron chi connectivity index (χ2n) is 8.34. The van der Waals surface area contributed by atoms with Crippen LogP contribution in [0, 0.1) is 11.6 Å². The Hall–Kier alpha value is -4.23. The van der Waals surface area contributed by atoms with E-state index >= 15 is 4.39 Å². The largest absolute Gasteiger partial charge is 0.472 e. The Labute approximate surface area is 205 Å². The Balaban J connectivity index is 1.76. The van der Waals surface area contributed by atoms with E-state index in [2.05, 4.69) is 15.0 Å². The lowest BCUT2D eigenvalue weighted by molar-refractivity contribution is -0.137. The lowest BCUT2D eigenvalue weighted by Crippen LogP contribution is -2.28. The molecule has 0 saturated carbocycles. The highest BCUT2D eigenvalue weighted by atomic mass is 19.4. The van der Waals surface area contributed by atoms with Gasteiger partial charge in [0.15, 0.2) is 17.2 Å². The Bertz CT molecular complexity index is 1550. The summed E-state index contributed by atoms with van der Waals surface area (Å²) < 4.78 is 88.9. The molecule has 1 atom stereocenters. The van der Waals surface area contributed by atoms with Crippen molar-refractivity contribution in [1.29, 1.82) is 0 Å². The first-order chi connectivity index (χ1) is 17.5. The van der Waals surface area contributed by atoms with Crippen LogP contribution in [0.2, 0.25) is 0 Å². The molecule has 3 heterocycles. The van der Waals surface area contributed by atoms with E-state index in [0.717, 1.165) is 12.1 Å². The number of carbonyl (C=O) groups is 1. The van der Waals surface area contributed by atoms with Gasteiger partial charge in [0.2, 0.25) is 11.8 Å². The first-order valence-electron chi connectivity index (χ1n) is 10.9. The van der Waals surface area contributed by atoms with Crippen LogP contribution >= 0.6 is 0 Å². The second kappa shape index (κ2) is 8.71. The SMILES string of the molecule is COc1nc(OC2CCN(C(C)=O)C2)c2cc(C(F)(F)F)c(-c3ccc(F)c4oc(N)nc34)c(F)c2n1. The maximum Gasteiger partial charge on any atom is 0.417 e. The van der Waals surface area contributed by atoms with E-state index in [1.807, 2.05) is 0 Å². The summed E-state index contributed by atoms with van der Waals surface area (Å²) in [5.74, 6) is -2.86. The minimum Gasteiger partial charge on any atom is -0.472 e. The topological polar surface area (TPSA) is 117 Å². The van der Waals surface area contributed by atoms with Gasteiger partial charge in [-0.05, 0) is 18.2 Å². The summed E-state index contributed by atoms with van der Waals surface area (Å²) in [4.78, 5) is 24.8. The molecule has 1 amide bonds. The van der Waals surface area contributed by atoms with Gasteiger partial charge in [-0.3, -0.25) is 4.79 Å². The zero-order valence-electron chi connectivity index (χ0n) is 19.3. The average molecular weight is 523 g/mol. The molecule has 2 aromatic heterocycles. The molecule has 1 aliphatic heterocycles. The van der Waals surface area contributed by atoms with E-state index in [1.54, 1.807) is 0 Å². The second-order valence-corrected chi connectivity index (χ2v) is 8.34. The fraction of sp³-hybridized carbons (Fsp3) is 0.304. The van der Waals surface area contributed by atoms with Crippen molar-refractivity contribution in [2.24, 2.45) is 0 Å². The molecule has 2 aromatic carbocycles. The van der Waals surface area contributed by atoms with E-state index < -0.39 is 63.2 Å². The number of amides is 1. The van der Waals surface area contributed by atoms with Gasteiger partial charge in [0.05, 0.1) is 24.6 Å². The van der Waals surface area contributed by atoms with Crippen LogP contribution in [0.4, 0.5) is 28.0 Å². The molecule has 0 aliphatic carbocycles. The highest BCUT2D eigenvalue weighted by Gasteiger charge is 2.38. The molecule has 1 saturated heterocycles. The molecular formula is C23H18F5N5O4. The van der Waals surface area contributed by atoms with E-state index in [9.17, 15) is 22.4 Å². The van der Waals surface area contributed by atoms with E-state index in [-0.39, 0.29) is 29.7 Å². The number of oxazole rings is 1. The Kier molecular flexibility index (Phi) is 5.76. The van der Waals surface area contributed by atoms with Gasteiger partial charge in [-0.1, -0.05) is 0 Å². The van der Waals surface area contributed by atoms with Crippen molar-refractivity contribution in [3.05, 3.63) is 35.4 Å². The molecule has 5 rings (SSSR count). The molecule has 2 N–H and O–H groups in total. The summed E-state index contributed by atoms with van der Waals surface area (Å²) in [6, 6.07) is 1.56. The fourth-order valence-electron chi connectivity index (χ4n) is 4.31. The molecule has 37 heavy (non-hydrogen) atoms. The molecular weight excluding hydrogens is 505 g/mol. The monoisotopic (exact) mass is 523 g/mol. The van der Waals surface area contributed by atoms with Gasteiger partial charge in [0, 0.05) is 31.0 Å². The number of methoxy groups -OCH3 is 1. The van der Waals surface area contributed by atoms with Crippen molar-refractivity contribution in [1.82, 2.24) is 19.9 Å². The molecule has 1 aliphatic rings. The zero-order chi connectivity index (χ0) is 26.6. The van der Waals surface area contributed by atoms with E-state index in [1.165, 1.54) is 18.9 Å². The normalized spacial score (nSPS) is 16.1. The van der Waals surface area contributed by atoms with Gasteiger partial charge in [-0.25, -0.2) is 8.78 Å². The molecule has 1 fully saturated rings. The van der Waals surface area contributed by atoms with Gasteiger partial charge >= 0.3 is 12.2 Å². The predicted molar refractivity (Wildman–Crippen MR) is 120 cm³/mol. The van der Waals surface area contributed by atoms with E-state index in [4.69, 9.17) is 19.6 Å². The van der Waals surface area contributed by atoms with Crippen LogP contribution in [0.1, 0.15) is 18.9 Å². The van der Waals surface area contributed by atoms with Crippen LogP contribution in [0.15, 0.2) is 22.6 Å². The number of ether oxygens (including phenoxy) is 2. The highest BCUT2D eigenvalue weighted by molar-refractivity contribution is 5.98. The maximum absolute atomic E-state index is 16.0. The van der Waals surface area contributed by atoms with Gasteiger partial charge in [0.25, 0.3) is 6.01 Å². The number of nitrogens with zero attached hydrogens (tertiary/aromatic N) is 4. The van der Waals surface area contributed by atoms with Crippen LogP contribution < -0.4 is 15.2 Å². The van der Waals surface area contributed by atoms with Crippen molar-refractivity contribution < 1.29 is 40.6 Å². The number of halogens is 5. The maximum atomic E-state index is 16.0. The molecule has 0 bridgehead atoms. The van der Waals surface area contributed by atoms with Crippen molar-refractivity contribution >= 4 is 33.9 Å². The zero-order valence-corrected chi connectivity index (χ0v) is 19.3. The number of hydrogen-bond donors (Lipinski definition) is 1. The number of fused-ring (bicyclic) bond motifs is 2. The summed E-state index contributed by atoms with van der Waals surface area (Å²) in [5.41, 5.74) is 1.29. The van der Waals surface area contributed by atoms with Gasteiger partial charge < -0.3 is 24.5 Å². The summed E-state index contributed by atoms with van der Waals surface area (Å²) >= 11 is 0. The summed E-state index contributed by atoms with van der Waals surface area (Å²) in [6.45, 7) is 1.94. The van der Waals surface area contributed by atoms with Crippen LogP contribution in [-0.4, -0.2) is 52.1 Å².